The van der Waals surface area contributed by atoms with Crippen LogP contribution in [0.25, 0.3) is 0 Å². The van der Waals surface area contributed by atoms with Gasteiger partial charge < -0.3 is 5.26 Å². The molecular weight excluding hydrogens is 164 g/mol. The molecule has 0 aromatic rings. The lowest BCUT2D eigenvalue weighted by Crippen LogP contribution is -2.16. The maximum atomic E-state index is 9.44. The molecule has 0 N–H and O–H groups in total. The highest BCUT2D eigenvalue weighted by Gasteiger charge is 2.18. The Kier molecular flexibility index (Phi) is 8.67. The van der Waals surface area contributed by atoms with E-state index in [4.69, 9.17) is 0 Å². The third kappa shape index (κ3) is 8.13. The minimum Gasteiger partial charge on any atom is -0.691 e. The molecule has 0 aromatic carbocycles. The Morgan fingerprint density at radius 1 is 1.45 bits per heavy atom. The summed E-state index contributed by atoms with van der Waals surface area (Å²) in [6.07, 6.45) is 2.07. The van der Waals surface area contributed by atoms with Gasteiger partial charge in [-0.1, -0.05) is 20.8 Å². The predicted molar refractivity (Wildman–Crippen MR) is 45.5 cm³/mol. The number of rotatable bonds is 5. The van der Waals surface area contributed by atoms with E-state index < -0.39 is 0 Å². The zero-order chi connectivity index (χ0) is 8.04. The smallest absolute Gasteiger partial charge is 0.0397 e. The monoisotopic (exact) mass is 181 g/mol. The molecule has 70 valence electrons. The molecule has 0 saturated heterocycles. The van der Waals surface area contributed by atoms with Gasteiger partial charge in [0.1, 0.15) is 0 Å². The molecular formula is C7H17O3S-. The Morgan fingerprint density at radius 3 is 2.36 bits per heavy atom. The van der Waals surface area contributed by atoms with Gasteiger partial charge in [0.25, 0.3) is 0 Å². The molecule has 0 aliphatic rings. The first-order valence-electron chi connectivity index (χ1n) is 3.26. The SMILES string of the molecule is C.CCCC(C)(C)SOO[O-]. The molecule has 0 fully saturated rings. The fourth-order valence-corrected chi connectivity index (χ4v) is 1.25. The molecule has 0 atom stereocenters. The quantitative estimate of drug-likeness (QED) is 0.370. The summed E-state index contributed by atoms with van der Waals surface area (Å²) >= 11 is 1.07. The Morgan fingerprint density at radius 2 is 2.00 bits per heavy atom. The first-order chi connectivity index (χ1) is 4.62. The van der Waals surface area contributed by atoms with Crippen LogP contribution in [0.4, 0.5) is 0 Å². The Hall–Kier alpha value is 0.230. The van der Waals surface area contributed by atoms with Crippen LogP contribution in [0.1, 0.15) is 41.0 Å². The van der Waals surface area contributed by atoms with Crippen molar-refractivity contribution in [3.05, 3.63) is 0 Å². The first-order valence-corrected chi connectivity index (χ1v) is 4.01. The summed E-state index contributed by atoms with van der Waals surface area (Å²) < 4.78 is 4.18. The summed E-state index contributed by atoms with van der Waals surface area (Å²) in [5, 5.41) is 12.7. The molecule has 0 heterocycles. The van der Waals surface area contributed by atoms with E-state index in [9.17, 15) is 5.26 Å². The van der Waals surface area contributed by atoms with E-state index in [0.717, 1.165) is 24.9 Å². The molecule has 0 saturated carbocycles. The van der Waals surface area contributed by atoms with Crippen LogP contribution in [0.3, 0.4) is 0 Å². The fraction of sp³-hybridized carbons (Fsp3) is 1.00. The minimum atomic E-state index is -0.0286. The van der Waals surface area contributed by atoms with Crippen molar-refractivity contribution < 1.29 is 14.6 Å². The van der Waals surface area contributed by atoms with E-state index in [-0.39, 0.29) is 12.2 Å². The topological polar surface area (TPSA) is 41.5 Å². The van der Waals surface area contributed by atoms with Crippen LogP contribution in [0.15, 0.2) is 0 Å². The molecule has 0 aromatic heterocycles. The third-order valence-electron chi connectivity index (χ3n) is 1.14. The lowest BCUT2D eigenvalue weighted by molar-refractivity contribution is -0.777. The van der Waals surface area contributed by atoms with Gasteiger partial charge in [0.05, 0.1) is 0 Å². The second-order valence-corrected chi connectivity index (χ2v) is 4.14. The average Bonchev–Trinajstić information content (AvgIpc) is 1.84. The van der Waals surface area contributed by atoms with Crippen molar-refractivity contribution in [2.24, 2.45) is 0 Å². The Balaban J connectivity index is 0. The zero-order valence-electron chi connectivity index (χ0n) is 6.55. The summed E-state index contributed by atoms with van der Waals surface area (Å²) in [4.78, 5) is 0. The summed E-state index contributed by atoms with van der Waals surface area (Å²) in [6.45, 7) is 6.08. The van der Waals surface area contributed by atoms with Crippen molar-refractivity contribution in [1.82, 2.24) is 0 Å². The molecule has 0 spiro atoms. The highest BCUT2D eigenvalue weighted by molar-refractivity contribution is 7.95. The Labute approximate surface area is 73.1 Å². The maximum Gasteiger partial charge on any atom is 0.0397 e. The van der Waals surface area contributed by atoms with Crippen molar-refractivity contribution >= 4 is 12.0 Å². The normalized spacial score (nSPS) is 10.9. The predicted octanol–water partition coefficient (Wildman–Crippen LogP) is 2.07. The lowest BCUT2D eigenvalue weighted by Gasteiger charge is -2.21. The van der Waals surface area contributed by atoms with Crippen LogP contribution in [0.5, 0.6) is 0 Å². The highest BCUT2D eigenvalue weighted by Crippen LogP contribution is 2.29. The number of hydrogen-bond acceptors (Lipinski definition) is 4. The van der Waals surface area contributed by atoms with Gasteiger partial charge in [-0.3, -0.25) is 5.04 Å². The van der Waals surface area contributed by atoms with Crippen molar-refractivity contribution in [2.75, 3.05) is 0 Å². The standard InChI is InChI=1S/C6H14O3S.CH4/c1-4-5-6(2,3)10-9-8-7;/h7H,4-5H2,1-3H3;1H4/p-1. The molecule has 0 aliphatic heterocycles. The van der Waals surface area contributed by atoms with Crippen molar-refractivity contribution in [2.45, 2.75) is 45.8 Å². The Bertz CT molecular complexity index is 85.8. The van der Waals surface area contributed by atoms with Crippen molar-refractivity contribution in [1.29, 1.82) is 0 Å². The molecule has 0 aliphatic carbocycles. The largest absolute Gasteiger partial charge is 0.691 e. The average molecular weight is 181 g/mol. The summed E-state index contributed by atoms with van der Waals surface area (Å²) in [7, 11) is 0. The van der Waals surface area contributed by atoms with Gasteiger partial charge in [-0.25, -0.2) is 0 Å². The van der Waals surface area contributed by atoms with Crippen molar-refractivity contribution in [3.63, 3.8) is 0 Å². The van der Waals surface area contributed by atoms with Crippen LogP contribution in [-0.4, -0.2) is 4.75 Å². The summed E-state index contributed by atoms with van der Waals surface area (Å²) in [6, 6.07) is 0. The summed E-state index contributed by atoms with van der Waals surface area (Å²) in [5.74, 6) is 0. The molecule has 0 bridgehead atoms. The second kappa shape index (κ2) is 6.91. The second-order valence-electron chi connectivity index (χ2n) is 2.73. The van der Waals surface area contributed by atoms with Gasteiger partial charge in [-0.2, -0.15) is 4.33 Å². The number of hydrogen-bond donors (Lipinski definition) is 0. The molecule has 0 rings (SSSR count). The molecule has 11 heavy (non-hydrogen) atoms. The van der Waals surface area contributed by atoms with Crippen LogP contribution in [0.2, 0.25) is 0 Å². The molecule has 4 heteroatoms. The van der Waals surface area contributed by atoms with Crippen molar-refractivity contribution in [3.8, 4) is 0 Å². The molecule has 0 radical (unpaired) electrons. The van der Waals surface area contributed by atoms with Crippen LogP contribution < -0.4 is 5.26 Å². The minimum absolute atomic E-state index is 0. The van der Waals surface area contributed by atoms with E-state index in [0.29, 0.717) is 0 Å². The van der Waals surface area contributed by atoms with Gasteiger partial charge in [-0.05, 0) is 20.3 Å². The molecule has 0 unspecified atom stereocenters. The van der Waals surface area contributed by atoms with Gasteiger partial charge >= 0.3 is 0 Å². The first kappa shape index (κ1) is 13.8. The van der Waals surface area contributed by atoms with Gasteiger partial charge in [0.2, 0.25) is 0 Å². The fourth-order valence-electron chi connectivity index (χ4n) is 0.750. The molecule has 0 amide bonds. The van der Waals surface area contributed by atoms with E-state index >= 15 is 0 Å². The third-order valence-corrected chi connectivity index (χ3v) is 1.92. The van der Waals surface area contributed by atoms with Gasteiger partial charge in [0.15, 0.2) is 0 Å². The lowest BCUT2D eigenvalue weighted by atomic mass is 10.1. The van der Waals surface area contributed by atoms with E-state index in [1.54, 1.807) is 0 Å². The van der Waals surface area contributed by atoms with Gasteiger partial charge in [-0.15, -0.1) is 0 Å². The highest BCUT2D eigenvalue weighted by atomic mass is 32.2. The zero-order valence-corrected chi connectivity index (χ0v) is 7.36. The summed E-state index contributed by atoms with van der Waals surface area (Å²) in [5.41, 5.74) is 0. The van der Waals surface area contributed by atoms with Gasteiger partial charge in [0, 0.05) is 16.8 Å². The maximum absolute atomic E-state index is 9.44. The van der Waals surface area contributed by atoms with E-state index in [2.05, 4.69) is 16.3 Å². The van der Waals surface area contributed by atoms with E-state index in [1.165, 1.54) is 0 Å². The van der Waals surface area contributed by atoms with Crippen LogP contribution in [-0.2, 0) is 9.37 Å². The van der Waals surface area contributed by atoms with Crippen LogP contribution in [0, 0.1) is 0 Å². The van der Waals surface area contributed by atoms with Crippen LogP contribution >= 0.6 is 12.0 Å². The molecule has 3 nitrogen and oxygen atoms in total. The van der Waals surface area contributed by atoms with E-state index in [1.807, 2.05) is 13.8 Å².